The zero-order valence-corrected chi connectivity index (χ0v) is 12.1. The highest BCUT2D eigenvalue weighted by atomic mass is 32.1. The van der Waals surface area contributed by atoms with E-state index in [-0.39, 0.29) is 0 Å². The van der Waals surface area contributed by atoms with Gasteiger partial charge >= 0.3 is 0 Å². The number of hydrogen-bond donors (Lipinski definition) is 1. The fourth-order valence-corrected chi connectivity index (χ4v) is 4.47. The minimum absolute atomic E-state index is 0.690. The van der Waals surface area contributed by atoms with E-state index in [1.807, 2.05) is 11.3 Å². The Bertz CT molecular complexity index is 382. The molecule has 0 bridgehead atoms. The molecule has 1 aromatic heterocycles. The van der Waals surface area contributed by atoms with E-state index in [2.05, 4.69) is 28.6 Å². The summed E-state index contributed by atoms with van der Waals surface area (Å²) >= 11 is 1.96. The summed E-state index contributed by atoms with van der Waals surface area (Å²) in [4.78, 5) is 4.40. The highest BCUT2D eigenvalue weighted by Gasteiger charge is 2.28. The van der Waals surface area contributed by atoms with Gasteiger partial charge in [0.05, 0.1) is 0 Å². The molecule has 0 amide bonds. The molecule has 1 unspecified atom stereocenters. The normalized spacial score (nSPS) is 26.2. The molecule has 0 spiro atoms. The Kier molecular flexibility index (Phi) is 4.02. The van der Waals surface area contributed by atoms with Crippen LogP contribution in [-0.4, -0.2) is 31.1 Å². The van der Waals surface area contributed by atoms with E-state index in [1.165, 1.54) is 51.9 Å². The molecule has 0 aromatic carbocycles. The Hall–Kier alpha value is -0.380. The van der Waals surface area contributed by atoms with Crippen LogP contribution in [0.2, 0.25) is 0 Å². The lowest BCUT2D eigenvalue weighted by molar-refractivity contribution is 0.140. The van der Waals surface area contributed by atoms with Crippen molar-refractivity contribution >= 4 is 11.3 Å². The smallest absolute Gasteiger partial charge is 0.0356 e. The van der Waals surface area contributed by atoms with Crippen molar-refractivity contribution in [3.63, 3.8) is 0 Å². The van der Waals surface area contributed by atoms with Gasteiger partial charge in [-0.05, 0) is 61.7 Å². The number of fused-ring (bicyclic) bond motifs is 1. The average molecular weight is 264 g/mol. The summed E-state index contributed by atoms with van der Waals surface area (Å²) in [5.41, 5.74) is 1.63. The third-order valence-corrected chi connectivity index (χ3v) is 5.54. The summed E-state index contributed by atoms with van der Waals surface area (Å²) in [5.74, 6) is 0.917. The topological polar surface area (TPSA) is 15.3 Å². The van der Waals surface area contributed by atoms with Crippen molar-refractivity contribution in [1.82, 2.24) is 10.2 Å². The molecule has 1 N–H and O–H groups in total. The summed E-state index contributed by atoms with van der Waals surface area (Å²) in [6, 6.07) is 3.05. The van der Waals surface area contributed by atoms with Gasteiger partial charge in [-0.1, -0.05) is 6.92 Å². The van der Waals surface area contributed by atoms with Crippen molar-refractivity contribution in [3.05, 3.63) is 21.9 Å². The fraction of sp³-hybridized carbons (Fsp3) is 0.733. The molecule has 0 aliphatic carbocycles. The molecule has 0 radical (unpaired) electrons. The Balaban J connectivity index is 1.69. The molecule has 0 saturated carbocycles. The number of hydrogen-bond acceptors (Lipinski definition) is 3. The first-order valence-electron chi connectivity index (χ1n) is 7.39. The highest BCUT2D eigenvalue weighted by Crippen LogP contribution is 2.36. The summed E-state index contributed by atoms with van der Waals surface area (Å²) in [7, 11) is 0. The van der Waals surface area contributed by atoms with E-state index in [9.17, 15) is 0 Å². The third kappa shape index (κ3) is 2.49. The van der Waals surface area contributed by atoms with Crippen molar-refractivity contribution in [1.29, 1.82) is 0 Å². The van der Waals surface area contributed by atoms with Crippen LogP contribution in [0.5, 0.6) is 0 Å². The second-order valence-electron chi connectivity index (χ2n) is 5.66. The molecule has 3 rings (SSSR count). The first-order valence-corrected chi connectivity index (χ1v) is 8.27. The lowest BCUT2D eigenvalue weighted by Gasteiger charge is -2.38. The Morgan fingerprint density at radius 1 is 1.39 bits per heavy atom. The Morgan fingerprint density at radius 3 is 3.00 bits per heavy atom. The van der Waals surface area contributed by atoms with Gasteiger partial charge in [0.15, 0.2) is 0 Å². The molecule has 2 aliphatic rings. The van der Waals surface area contributed by atoms with Gasteiger partial charge in [0, 0.05) is 24.0 Å². The van der Waals surface area contributed by atoms with Gasteiger partial charge in [0.1, 0.15) is 0 Å². The van der Waals surface area contributed by atoms with Crippen molar-refractivity contribution in [2.75, 3.05) is 26.2 Å². The maximum absolute atomic E-state index is 3.47. The quantitative estimate of drug-likeness (QED) is 0.902. The highest BCUT2D eigenvalue weighted by molar-refractivity contribution is 7.10. The first-order chi connectivity index (χ1) is 8.88. The van der Waals surface area contributed by atoms with Crippen LogP contribution >= 0.6 is 11.3 Å². The Morgan fingerprint density at radius 2 is 2.22 bits per heavy atom. The first kappa shape index (κ1) is 12.6. The van der Waals surface area contributed by atoms with E-state index in [0.717, 1.165) is 5.92 Å². The standard InChI is InChI=1S/C15H24N2S/c1-2-14-13-6-10-18-15(13)5-9-17(14)11-12-3-7-16-8-4-12/h6,10,12,14,16H,2-5,7-9,11H2,1H3. The largest absolute Gasteiger partial charge is 0.317 e. The number of nitrogens with one attached hydrogen (secondary N) is 1. The van der Waals surface area contributed by atoms with E-state index in [0.29, 0.717) is 6.04 Å². The predicted octanol–water partition coefficient (Wildman–Crippen LogP) is 3.06. The molecule has 1 fully saturated rings. The molecule has 1 saturated heterocycles. The molecule has 3 heterocycles. The van der Waals surface area contributed by atoms with Gasteiger partial charge in [0.2, 0.25) is 0 Å². The van der Waals surface area contributed by atoms with Gasteiger partial charge in [-0.15, -0.1) is 11.3 Å². The van der Waals surface area contributed by atoms with Gasteiger partial charge < -0.3 is 5.32 Å². The third-order valence-electron chi connectivity index (χ3n) is 4.54. The van der Waals surface area contributed by atoms with Crippen molar-refractivity contribution in [3.8, 4) is 0 Å². The van der Waals surface area contributed by atoms with Crippen molar-refractivity contribution in [2.24, 2.45) is 5.92 Å². The molecule has 1 aromatic rings. The predicted molar refractivity (Wildman–Crippen MR) is 78.2 cm³/mol. The zero-order valence-electron chi connectivity index (χ0n) is 11.3. The summed E-state index contributed by atoms with van der Waals surface area (Å²) in [6.45, 7) is 7.37. The molecule has 1 atom stereocenters. The SMILES string of the molecule is CCC1c2ccsc2CCN1CC1CCNCC1. The monoisotopic (exact) mass is 264 g/mol. The lowest BCUT2D eigenvalue weighted by atomic mass is 9.93. The van der Waals surface area contributed by atoms with E-state index >= 15 is 0 Å². The van der Waals surface area contributed by atoms with Crippen molar-refractivity contribution in [2.45, 2.75) is 38.6 Å². The Labute approximate surface area is 114 Å². The minimum Gasteiger partial charge on any atom is -0.317 e. The van der Waals surface area contributed by atoms with Gasteiger partial charge in [-0.2, -0.15) is 0 Å². The number of nitrogens with zero attached hydrogens (tertiary/aromatic N) is 1. The second kappa shape index (κ2) is 5.72. The van der Waals surface area contributed by atoms with Crippen LogP contribution < -0.4 is 5.32 Å². The van der Waals surface area contributed by atoms with Crippen molar-refractivity contribution < 1.29 is 0 Å². The second-order valence-corrected chi connectivity index (χ2v) is 6.66. The number of thiophene rings is 1. The van der Waals surface area contributed by atoms with Crippen LogP contribution in [-0.2, 0) is 6.42 Å². The lowest BCUT2D eigenvalue weighted by Crippen LogP contribution is -2.40. The molecule has 2 aliphatic heterocycles. The fourth-order valence-electron chi connectivity index (χ4n) is 3.54. The number of piperidine rings is 1. The molecular weight excluding hydrogens is 240 g/mol. The van der Waals surface area contributed by atoms with Crippen LogP contribution in [0, 0.1) is 5.92 Å². The molecular formula is C15H24N2S. The van der Waals surface area contributed by atoms with E-state index in [1.54, 1.807) is 10.4 Å². The van der Waals surface area contributed by atoms with Crippen LogP contribution in [0.25, 0.3) is 0 Å². The summed E-state index contributed by atoms with van der Waals surface area (Å²) in [5, 5.41) is 5.75. The van der Waals surface area contributed by atoms with Gasteiger partial charge in [-0.25, -0.2) is 0 Å². The molecule has 2 nitrogen and oxygen atoms in total. The molecule has 100 valence electrons. The maximum Gasteiger partial charge on any atom is 0.0356 e. The van der Waals surface area contributed by atoms with E-state index in [4.69, 9.17) is 0 Å². The van der Waals surface area contributed by atoms with Gasteiger partial charge in [0.25, 0.3) is 0 Å². The summed E-state index contributed by atoms with van der Waals surface area (Å²) < 4.78 is 0. The van der Waals surface area contributed by atoms with Crippen LogP contribution in [0.3, 0.4) is 0 Å². The average Bonchev–Trinajstić information content (AvgIpc) is 2.88. The maximum atomic E-state index is 3.47. The zero-order chi connectivity index (χ0) is 12.4. The minimum atomic E-state index is 0.690. The molecule has 3 heteroatoms. The van der Waals surface area contributed by atoms with Crippen LogP contribution in [0.1, 0.15) is 42.7 Å². The molecule has 18 heavy (non-hydrogen) atoms. The van der Waals surface area contributed by atoms with Crippen LogP contribution in [0.4, 0.5) is 0 Å². The van der Waals surface area contributed by atoms with Crippen LogP contribution in [0.15, 0.2) is 11.4 Å². The summed E-state index contributed by atoms with van der Waals surface area (Å²) in [6.07, 6.45) is 5.26. The number of rotatable bonds is 3. The van der Waals surface area contributed by atoms with Gasteiger partial charge in [-0.3, -0.25) is 4.90 Å². The van der Waals surface area contributed by atoms with E-state index < -0.39 is 0 Å².